The zero-order valence-electron chi connectivity index (χ0n) is 13.3. The fourth-order valence-corrected chi connectivity index (χ4v) is 1.78. The van der Waals surface area contributed by atoms with E-state index in [9.17, 15) is 9.59 Å². The van der Waals surface area contributed by atoms with Gasteiger partial charge in [0.1, 0.15) is 0 Å². The summed E-state index contributed by atoms with van der Waals surface area (Å²) in [5.74, 6) is -1.39. The number of nitrogens with two attached hydrogens (primary N) is 1. The van der Waals surface area contributed by atoms with Gasteiger partial charge in [0.05, 0.1) is 11.4 Å². The van der Waals surface area contributed by atoms with Crippen LogP contribution in [-0.4, -0.2) is 31.6 Å². The van der Waals surface area contributed by atoms with Gasteiger partial charge in [-0.3, -0.25) is 9.59 Å². The van der Waals surface area contributed by atoms with Gasteiger partial charge >= 0.3 is 11.8 Å². The lowest BCUT2D eigenvalue weighted by Crippen LogP contribution is -2.36. The Hall–Kier alpha value is -2.08. The molecule has 6 nitrogen and oxygen atoms in total. The van der Waals surface area contributed by atoms with Crippen molar-refractivity contribution in [3.8, 4) is 0 Å². The van der Waals surface area contributed by atoms with Crippen LogP contribution in [0.2, 0.25) is 0 Å². The molecule has 22 heavy (non-hydrogen) atoms. The third kappa shape index (κ3) is 6.58. The van der Waals surface area contributed by atoms with Gasteiger partial charge in [-0.25, -0.2) is 0 Å². The van der Waals surface area contributed by atoms with Gasteiger partial charge in [0, 0.05) is 19.8 Å². The number of carbonyl (C=O) groups is 2. The number of nitrogen functional groups attached to an aromatic ring is 1. The molecule has 6 heteroatoms. The number of nitrogens with one attached hydrogen (secondary N) is 2. The van der Waals surface area contributed by atoms with Gasteiger partial charge in [-0.15, -0.1) is 0 Å². The van der Waals surface area contributed by atoms with Gasteiger partial charge in [-0.1, -0.05) is 19.4 Å². The van der Waals surface area contributed by atoms with E-state index in [4.69, 9.17) is 10.5 Å². The van der Waals surface area contributed by atoms with Crippen molar-refractivity contribution in [2.24, 2.45) is 0 Å². The summed E-state index contributed by atoms with van der Waals surface area (Å²) in [5.41, 5.74) is 7.65. The molecule has 4 N–H and O–H groups in total. The van der Waals surface area contributed by atoms with Crippen molar-refractivity contribution in [1.82, 2.24) is 5.32 Å². The molecular formula is C16H25N3O3. The lowest BCUT2D eigenvalue weighted by atomic mass is 10.2. The van der Waals surface area contributed by atoms with Crippen molar-refractivity contribution in [3.05, 3.63) is 23.8 Å². The van der Waals surface area contributed by atoms with E-state index in [-0.39, 0.29) is 0 Å². The molecule has 0 fully saturated rings. The van der Waals surface area contributed by atoms with Crippen molar-refractivity contribution in [3.63, 3.8) is 0 Å². The van der Waals surface area contributed by atoms with E-state index in [0.29, 0.717) is 30.9 Å². The van der Waals surface area contributed by atoms with Crippen LogP contribution in [0, 0.1) is 6.92 Å². The van der Waals surface area contributed by atoms with Crippen molar-refractivity contribution >= 4 is 23.2 Å². The summed E-state index contributed by atoms with van der Waals surface area (Å²) in [6, 6.07) is 5.23. The van der Waals surface area contributed by atoms with Crippen LogP contribution in [-0.2, 0) is 14.3 Å². The Kier molecular flexibility index (Phi) is 7.99. The molecule has 0 heterocycles. The van der Waals surface area contributed by atoms with Gasteiger partial charge in [0.25, 0.3) is 0 Å². The van der Waals surface area contributed by atoms with Crippen molar-refractivity contribution < 1.29 is 14.3 Å². The highest BCUT2D eigenvalue weighted by atomic mass is 16.5. The van der Waals surface area contributed by atoms with Gasteiger partial charge in [0.15, 0.2) is 0 Å². The Bertz CT molecular complexity index is 503. The van der Waals surface area contributed by atoms with E-state index in [0.717, 1.165) is 25.0 Å². The Morgan fingerprint density at radius 3 is 2.59 bits per heavy atom. The Morgan fingerprint density at radius 1 is 1.18 bits per heavy atom. The predicted octanol–water partition coefficient (Wildman–Crippen LogP) is 1.84. The molecule has 0 bridgehead atoms. The molecule has 0 spiro atoms. The molecule has 0 atom stereocenters. The summed E-state index contributed by atoms with van der Waals surface area (Å²) in [5, 5.41) is 5.05. The number of aryl methyl sites for hydroxylation is 1. The molecule has 0 radical (unpaired) electrons. The average molecular weight is 307 g/mol. The highest BCUT2D eigenvalue weighted by Crippen LogP contribution is 2.19. The van der Waals surface area contributed by atoms with E-state index >= 15 is 0 Å². The molecule has 1 rings (SSSR count). The van der Waals surface area contributed by atoms with Gasteiger partial charge in [-0.2, -0.15) is 0 Å². The maximum Gasteiger partial charge on any atom is 0.313 e. The van der Waals surface area contributed by atoms with Crippen LogP contribution in [0.5, 0.6) is 0 Å². The predicted molar refractivity (Wildman–Crippen MR) is 87.6 cm³/mol. The molecule has 0 aliphatic rings. The second-order valence-electron chi connectivity index (χ2n) is 5.12. The second kappa shape index (κ2) is 9.78. The molecule has 1 aromatic rings. The maximum absolute atomic E-state index is 11.7. The summed E-state index contributed by atoms with van der Waals surface area (Å²) in [6.07, 6.45) is 2.81. The standard InChI is InChI=1S/C16H25N3O3/c1-3-4-9-22-10-5-8-18-15(20)16(21)19-14-7-6-12(2)11-13(14)17/h6-7,11H,3-5,8-10,17H2,1-2H3,(H,18,20)(H,19,21). The number of carbonyl (C=O) groups excluding carboxylic acids is 2. The lowest BCUT2D eigenvalue weighted by Gasteiger charge is -2.09. The topological polar surface area (TPSA) is 93.4 Å². The average Bonchev–Trinajstić information content (AvgIpc) is 2.48. The minimum Gasteiger partial charge on any atom is -0.397 e. The van der Waals surface area contributed by atoms with E-state index in [2.05, 4.69) is 17.6 Å². The normalized spacial score (nSPS) is 10.3. The summed E-state index contributed by atoms with van der Waals surface area (Å²) >= 11 is 0. The zero-order valence-corrected chi connectivity index (χ0v) is 13.3. The highest BCUT2D eigenvalue weighted by molar-refractivity contribution is 6.39. The van der Waals surface area contributed by atoms with Crippen molar-refractivity contribution in [2.75, 3.05) is 30.8 Å². The molecule has 122 valence electrons. The Labute approximate surface area is 131 Å². The molecule has 0 aliphatic heterocycles. The molecule has 1 aromatic carbocycles. The van der Waals surface area contributed by atoms with Gasteiger partial charge in [0.2, 0.25) is 0 Å². The number of ether oxygens (including phenoxy) is 1. The maximum atomic E-state index is 11.7. The SMILES string of the molecule is CCCCOCCCNC(=O)C(=O)Nc1ccc(C)cc1N. The summed E-state index contributed by atoms with van der Waals surface area (Å²) < 4.78 is 5.37. The van der Waals surface area contributed by atoms with Crippen LogP contribution < -0.4 is 16.4 Å². The van der Waals surface area contributed by atoms with E-state index in [1.165, 1.54) is 0 Å². The fourth-order valence-electron chi connectivity index (χ4n) is 1.78. The third-order valence-corrected chi connectivity index (χ3v) is 3.05. The lowest BCUT2D eigenvalue weighted by molar-refractivity contribution is -0.136. The monoisotopic (exact) mass is 307 g/mol. The Balaban J connectivity index is 2.26. The number of hydrogen-bond donors (Lipinski definition) is 3. The van der Waals surface area contributed by atoms with Crippen LogP contribution in [0.3, 0.4) is 0 Å². The third-order valence-electron chi connectivity index (χ3n) is 3.05. The van der Waals surface area contributed by atoms with E-state index in [1.807, 2.05) is 13.0 Å². The molecule has 0 aromatic heterocycles. The van der Waals surface area contributed by atoms with Crippen LogP contribution in [0.4, 0.5) is 11.4 Å². The fraction of sp³-hybridized carbons (Fsp3) is 0.500. The largest absolute Gasteiger partial charge is 0.397 e. The number of unbranched alkanes of at least 4 members (excludes halogenated alkanes) is 1. The first-order valence-electron chi connectivity index (χ1n) is 7.57. The summed E-state index contributed by atoms with van der Waals surface area (Å²) in [7, 11) is 0. The van der Waals surface area contributed by atoms with Crippen molar-refractivity contribution in [1.29, 1.82) is 0 Å². The number of amides is 2. The van der Waals surface area contributed by atoms with Gasteiger partial charge < -0.3 is 21.1 Å². The minimum absolute atomic E-state index is 0.405. The molecular weight excluding hydrogens is 282 g/mol. The van der Waals surface area contributed by atoms with Crippen LogP contribution in [0.15, 0.2) is 18.2 Å². The summed E-state index contributed by atoms with van der Waals surface area (Å²) in [4.78, 5) is 23.4. The number of benzene rings is 1. The van der Waals surface area contributed by atoms with Gasteiger partial charge in [-0.05, 0) is 37.5 Å². The Morgan fingerprint density at radius 2 is 1.91 bits per heavy atom. The summed E-state index contributed by atoms with van der Waals surface area (Å²) in [6.45, 7) is 5.71. The number of anilines is 2. The molecule has 0 aliphatic carbocycles. The molecule has 0 saturated heterocycles. The van der Waals surface area contributed by atoms with Crippen LogP contribution >= 0.6 is 0 Å². The number of rotatable bonds is 8. The van der Waals surface area contributed by atoms with E-state index < -0.39 is 11.8 Å². The van der Waals surface area contributed by atoms with Crippen molar-refractivity contribution in [2.45, 2.75) is 33.1 Å². The number of hydrogen-bond acceptors (Lipinski definition) is 4. The van der Waals surface area contributed by atoms with E-state index in [1.54, 1.807) is 12.1 Å². The zero-order chi connectivity index (χ0) is 16.4. The molecule has 0 saturated carbocycles. The minimum atomic E-state index is -0.720. The van der Waals surface area contributed by atoms with Crippen LogP contribution in [0.25, 0.3) is 0 Å². The molecule has 0 unspecified atom stereocenters. The quantitative estimate of drug-likeness (QED) is 0.388. The first kappa shape index (κ1) is 18.0. The second-order valence-corrected chi connectivity index (χ2v) is 5.12. The molecule has 2 amide bonds. The first-order valence-corrected chi connectivity index (χ1v) is 7.57. The highest BCUT2D eigenvalue weighted by Gasteiger charge is 2.14. The van der Waals surface area contributed by atoms with Crippen LogP contribution in [0.1, 0.15) is 31.7 Å². The smallest absolute Gasteiger partial charge is 0.313 e. The first-order chi connectivity index (χ1) is 10.5.